The first-order chi connectivity index (χ1) is 4.16. The summed E-state index contributed by atoms with van der Waals surface area (Å²) in [6.45, 7) is 0.133. The van der Waals surface area contributed by atoms with Gasteiger partial charge < -0.3 is 0 Å². The van der Waals surface area contributed by atoms with E-state index in [9.17, 15) is 4.79 Å². The molecule has 1 unspecified atom stereocenters. The molecule has 0 radical (unpaired) electrons. The summed E-state index contributed by atoms with van der Waals surface area (Å²) in [6.07, 6.45) is -1.61. The van der Waals surface area contributed by atoms with Crippen molar-refractivity contribution >= 4 is 22.9 Å². The molecule has 0 aliphatic rings. The number of carbonyl (C=O) groups is 1. The van der Waals surface area contributed by atoms with Gasteiger partial charge in [0.15, 0.2) is 0 Å². The number of aliphatic hydroxyl groups excluding tert-OH is 1. The normalized spacial score (nSPS) is 12.7. The standard InChI is InChI=1S/C4H10AsNO3/c5-1-3(7)2-6-4(8)9/h3,6-7H,1-2,5H2,(H,8,9)/t3-/m0/s1. The molecule has 54 valence electrons. The number of rotatable bonds is 3. The van der Waals surface area contributed by atoms with E-state index in [0.717, 1.165) is 0 Å². The Morgan fingerprint density at radius 2 is 2.33 bits per heavy atom. The summed E-state index contributed by atoms with van der Waals surface area (Å²) >= 11 is 1.39. The molecule has 0 saturated carbocycles. The van der Waals surface area contributed by atoms with Crippen LogP contribution in [0.5, 0.6) is 0 Å². The molecule has 0 rings (SSSR count). The summed E-state index contributed by atoms with van der Waals surface area (Å²) in [5.74, 6) is 0. The van der Waals surface area contributed by atoms with Crippen LogP contribution in [0.4, 0.5) is 4.79 Å². The third-order valence-electron chi connectivity index (χ3n) is 0.761. The van der Waals surface area contributed by atoms with Crippen molar-refractivity contribution in [1.29, 1.82) is 0 Å². The van der Waals surface area contributed by atoms with Gasteiger partial charge >= 0.3 is 61.1 Å². The van der Waals surface area contributed by atoms with Gasteiger partial charge in [0.1, 0.15) is 0 Å². The van der Waals surface area contributed by atoms with Gasteiger partial charge in [0.25, 0.3) is 0 Å². The molecule has 0 heterocycles. The van der Waals surface area contributed by atoms with Crippen molar-refractivity contribution in [2.75, 3.05) is 6.54 Å². The van der Waals surface area contributed by atoms with Gasteiger partial charge in [0, 0.05) is 0 Å². The zero-order chi connectivity index (χ0) is 7.28. The Kier molecular flexibility index (Phi) is 4.54. The molecule has 4 nitrogen and oxygen atoms in total. The van der Waals surface area contributed by atoms with Crippen LogP contribution in [0, 0.1) is 0 Å². The molecule has 3 N–H and O–H groups in total. The van der Waals surface area contributed by atoms with E-state index in [1.165, 1.54) is 16.9 Å². The fourth-order valence-corrected chi connectivity index (χ4v) is 0.638. The van der Waals surface area contributed by atoms with Gasteiger partial charge in [-0.3, -0.25) is 0 Å². The van der Waals surface area contributed by atoms with E-state index >= 15 is 0 Å². The molecule has 0 saturated heterocycles. The molecule has 0 aromatic heterocycles. The first-order valence-electron chi connectivity index (χ1n) is 2.51. The van der Waals surface area contributed by atoms with Crippen LogP contribution in [0.2, 0.25) is 5.21 Å². The summed E-state index contributed by atoms with van der Waals surface area (Å²) in [6, 6.07) is 0. The summed E-state index contributed by atoms with van der Waals surface area (Å²) in [5.41, 5.74) is 0. The van der Waals surface area contributed by atoms with Crippen LogP contribution in [0.15, 0.2) is 0 Å². The second-order valence-electron chi connectivity index (χ2n) is 1.58. The van der Waals surface area contributed by atoms with Crippen molar-refractivity contribution in [3.63, 3.8) is 0 Å². The van der Waals surface area contributed by atoms with E-state index in [4.69, 9.17) is 10.2 Å². The van der Waals surface area contributed by atoms with Crippen LogP contribution in [0.3, 0.4) is 0 Å². The molecule has 0 fully saturated rings. The third-order valence-corrected chi connectivity index (χ3v) is 1.90. The Hall–Kier alpha value is -0.212. The molecule has 2 atom stereocenters. The molecule has 0 aromatic carbocycles. The van der Waals surface area contributed by atoms with Crippen LogP contribution >= 0.6 is 0 Å². The topological polar surface area (TPSA) is 69.6 Å². The van der Waals surface area contributed by atoms with Crippen LogP contribution in [-0.2, 0) is 0 Å². The van der Waals surface area contributed by atoms with Crippen molar-refractivity contribution < 1.29 is 15.0 Å². The fourth-order valence-electron chi connectivity index (χ4n) is 0.288. The molecule has 0 aromatic rings. The molecule has 0 aliphatic carbocycles. The number of hydrogen-bond donors (Lipinski definition) is 3. The number of hydrogen-bond acceptors (Lipinski definition) is 2. The van der Waals surface area contributed by atoms with Gasteiger partial charge in [-0.2, -0.15) is 0 Å². The molecule has 0 spiro atoms. The molecule has 1 amide bonds. The molecule has 0 bridgehead atoms. The minimum atomic E-state index is -1.09. The molecular weight excluding hydrogens is 185 g/mol. The zero-order valence-electron chi connectivity index (χ0n) is 4.87. The van der Waals surface area contributed by atoms with Gasteiger partial charge in [-0.15, -0.1) is 0 Å². The van der Waals surface area contributed by atoms with E-state index < -0.39 is 12.2 Å². The average molecular weight is 195 g/mol. The Bertz CT molecular complexity index is 97.8. The predicted octanol–water partition coefficient (Wildman–Crippen LogP) is -1.33. The Labute approximate surface area is 61.8 Å². The molecule has 9 heavy (non-hydrogen) atoms. The van der Waals surface area contributed by atoms with Crippen molar-refractivity contribution in [1.82, 2.24) is 5.32 Å². The monoisotopic (exact) mass is 195 g/mol. The van der Waals surface area contributed by atoms with E-state index in [1.54, 1.807) is 0 Å². The fraction of sp³-hybridized carbons (Fsp3) is 0.750. The minimum absolute atomic E-state index is 0.133. The quantitative estimate of drug-likeness (QED) is 0.488. The van der Waals surface area contributed by atoms with Gasteiger partial charge in [0.05, 0.1) is 0 Å². The Balaban J connectivity index is 3.16. The summed E-state index contributed by atoms with van der Waals surface area (Å²) in [4.78, 5) is 9.80. The number of nitrogens with one attached hydrogen (secondary N) is 1. The number of carboxylic acid groups (broad SMARTS) is 1. The molecule has 0 aliphatic heterocycles. The van der Waals surface area contributed by atoms with Crippen molar-refractivity contribution in [3.8, 4) is 0 Å². The number of amides is 1. The zero-order valence-corrected chi connectivity index (χ0v) is 7.29. The van der Waals surface area contributed by atoms with Crippen LogP contribution < -0.4 is 5.32 Å². The van der Waals surface area contributed by atoms with Gasteiger partial charge in [0.2, 0.25) is 0 Å². The number of aliphatic hydroxyl groups is 1. The summed E-state index contributed by atoms with van der Waals surface area (Å²) in [7, 11) is 0. The van der Waals surface area contributed by atoms with Crippen molar-refractivity contribution in [3.05, 3.63) is 0 Å². The van der Waals surface area contributed by atoms with Gasteiger partial charge in [-0.1, -0.05) is 0 Å². The first kappa shape index (κ1) is 8.79. The maximum absolute atomic E-state index is 9.80. The second kappa shape index (κ2) is 4.65. The Morgan fingerprint density at radius 1 is 1.78 bits per heavy atom. The molecule has 5 heteroatoms. The van der Waals surface area contributed by atoms with Gasteiger partial charge in [-0.25, -0.2) is 0 Å². The third kappa shape index (κ3) is 5.66. The predicted molar refractivity (Wildman–Crippen MR) is 35.4 cm³/mol. The van der Waals surface area contributed by atoms with Crippen LogP contribution in [-0.4, -0.2) is 45.8 Å². The summed E-state index contributed by atoms with van der Waals surface area (Å²) < 4.78 is 0. The molecular formula is C4H10AsNO3. The SMILES string of the molecule is O=C(O)NC[C@@H](O)C[AsH2]. The Morgan fingerprint density at radius 3 is 2.67 bits per heavy atom. The van der Waals surface area contributed by atoms with E-state index in [0.29, 0.717) is 5.21 Å². The summed E-state index contributed by atoms with van der Waals surface area (Å²) in [5, 5.41) is 19.5. The first-order valence-corrected chi connectivity index (χ1v) is 4.23. The second-order valence-corrected chi connectivity index (χ2v) is 2.56. The van der Waals surface area contributed by atoms with E-state index in [1.807, 2.05) is 0 Å². The van der Waals surface area contributed by atoms with Crippen LogP contribution in [0.25, 0.3) is 0 Å². The van der Waals surface area contributed by atoms with Gasteiger partial charge in [-0.05, 0) is 0 Å². The van der Waals surface area contributed by atoms with Crippen molar-refractivity contribution in [2.24, 2.45) is 0 Å². The maximum atomic E-state index is 9.80. The van der Waals surface area contributed by atoms with Crippen LogP contribution in [0.1, 0.15) is 0 Å². The average Bonchev–Trinajstić information content (AvgIpc) is 1.83. The van der Waals surface area contributed by atoms with E-state index in [2.05, 4.69) is 5.32 Å². The van der Waals surface area contributed by atoms with E-state index in [-0.39, 0.29) is 6.54 Å². The van der Waals surface area contributed by atoms with Crippen molar-refractivity contribution in [2.45, 2.75) is 11.3 Å².